The highest BCUT2D eigenvalue weighted by Gasteiger charge is 2.28. The molecule has 0 bridgehead atoms. The lowest BCUT2D eigenvalue weighted by atomic mass is 9.99. The zero-order chi connectivity index (χ0) is 16.2. The molecule has 2 aromatic rings. The summed E-state index contributed by atoms with van der Waals surface area (Å²) < 4.78 is 5.14. The van der Waals surface area contributed by atoms with Crippen molar-refractivity contribution in [2.75, 3.05) is 24.6 Å². The first-order chi connectivity index (χ1) is 11.2. The number of anilines is 1. The molecule has 1 aromatic heterocycles. The van der Waals surface area contributed by atoms with E-state index in [9.17, 15) is 9.90 Å². The Morgan fingerprint density at radius 1 is 1.48 bits per heavy atom. The van der Waals surface area contributed by atoms with Crippen molar-refractivity contribution in [1.29, 1.82) is 0 Å². The number of phenolic OH excluding ortho intramolecular Hbond substituents is 1. The molecule has 1 saturated heterocycles. The summed E-state index contributed by atoms with van der Waals surface area (Å²) in [5.74, 6) is 0.0308. The van der Waals surface area contributed by atoms with Crippen molar-refractivity contribution in [3.63, 3.8) is 0 Å². The molecule has 0 spiro atoms. The minimum atomic E-state index is -0.116. The van der Waals surface area contributed by atoms with Crippen molar-refractivity contribution in [1.82, 2.24) is 4.98 Å². The third-order valence-corrected chi connectivity index (χ3v) is 4.89. The van der Waals surface area contributed by atoms with Gasteiger partial charge in [0.1, 0.15) is 5.75 Å². The van der Waals surface area contributed by atoms with Crippen LogP contribution in [0.3, 0.4) is 0 Å². The van der Waals surface area contributed by atoms with Gasteiger partial charge in [-0.2, -0.15) is 0 Å². The summed E-state index contributed by atoms with van der Waals surface area (Å²) in [5, 5.41) is 12.8. The Morgan fingerprint density at radius 2 is 2.30 bits per heavy atom. The van der Waals surface area contributed by atoms with Gasteiger partial charge in [0, 0.05) is 24.0 Å². The van der Waals surface area contributed by atoms with Gasteiger partial charge in [-0.05, 0) is 31.9 Å². The molecular formula is C17H20N2O3S. The molecule has 0 radical (unpaired) electrons. The maximum Gasteiger partial charge on any atom is 0.310 e. The molecule has 1 N–H and O–H groups in total. The van der Waals surface area contributed by atoms with Crippen LogP contribution in [-0.4, -0.2) is 35.8 Å². The number of benzene rings is 1. The summed E-state index contributed by atoms with van der Waals surface area (Å²) in [6.45, 7) is 3.79. The van der Waals surface area contributed by atoms with Gasteiger partial charge < -0.3 is 14.7 Å². The predicted octanol–water partition coefficient (Wildman–Crippen LogP) is 3.30. The number of rotatable bonds is 4. The molecule has 23 heavy (non-hydrogen) atoms. The first-order valence-corrected chi connectivity index (χ1v) is 8.72. The maximum atomic E-state index is 11.9. The average Bonchev–Trinajstić information content (AvgIpc) is 3.05. The quantitative estimate of drug-likeness (QED) is 0.871. The number of nitrogens with zero attached hydrogens (tertiary/aromatic N) is 2. The molecule has 3 rings (SSSR count). The van der Waals surface area contributed by atoms with E-state index in [2.05, 4.69) is 9.88 Å². The Labute approximate surface area is 139 Å². The summed E-state index contributed by atoms with van der Waals surface area (Å²) in [6.07, 6.45) is 1.82. The zero-order valence-corrected chi connectivity index (χ0v) is 13.9. The van der Waals surface area contributed by atoms with Gasteiger partial charge >= 0.3 is 5.97 Å². The Morgan fingerprint density at radius 3 is 3.09 bits per heavy atom. The third kappa shape index (κ3) is 3.47. The monoisotopic (exact) mass is 332 g/mol. The first-order valence-electron chi connectivity index (χ1n) is 7.84. The van der Waals surface area contributed by atoms with E-state index >= 15 is 0 Å². The van der Waals surface area contributed by atoms with Crippen molar-refractivity contribution >= 4 is 22.4 Å². The van der Waals surface area contributed by atoms with E-state index < -0.39 is 0 Å². The van der Waals surface area contributed by atoms with Gasteiger partial charge in [-0.1, -0.05) is 12.1 Å². The number of phenols is 1. The Kier molecular flexibility index (Phi) is 4.81. The zero-order valence-electron chi connectivity index (χ0n) is 13.1. The second kappa shape index (κ2) is 7.00. The van der Waals surface area contributed by atoms with Crippen LogP contribution < -0.4 is 4.90 Å². The van der Waals surface area contributed by atoms with Gasteiger partial charge in [0.15, 0.2) is 5.13 Å². The Bertz CT molecular complexity index is 686. The van der Waals surface area contributed by atoms with E-state index in [0.717, 1.165) is 35.8 Å². The molecule has 0 saturated carbocycles. The van der Waals surface area contributed by atoms with Crippen LogP contribution in [0.15, 0.2) is 29.6 Å². The van der Waals surface area contributed by atoms with E-state index in [0.29, 0.717) is 13.2 Å². The van der Waals surface area contributed by atoms with Crippen molar-refractivity contribution < 1.29 is 14.6 Å². The fourth-order valence-electron chi connectivity index (χ4n) is 2.83. The summed E-state index contributed by atoms with van der Waals surface area (Å²) >= 11 is 1.54. The Hall–Kier alpha value is -2.08. The molecule has 1 aromatic carbocycles. The van der Waals surface area contributed by atoms with E-state index in [1.54, 1.807) is 12.1 Å². The number of aromatic nitrogens is 1. The molecule has 1 aliphatic rings. The van der Waals surface area contributed by atoms with Crippen LogP contribution in [0.5, 0.6) is 5.75 Å². The average molecular weight is 332 g/mol. The van der Waals surface area contributed by atoms with Crippen LogP contribution in [0.25, 0.3) is 11.3 Å². The van der Waals surface area contributed by atoms with E-state index in [1.165, 1.54) is 11.3 Å². The lowest BCUT2D eigenvalue weighted by Gasteiger charge is -2.31. The molecule has 2 heterocycles. The Balaban J connectivity index is 1.75. The van der Waals surface area contributed by atoms with Crippen LogP contribution in [-0.2, 0) is 9.53 Å². The molecule has 1 fully saturated rings. The lowest BCUT2D eigenvalue weighted by Crippen LogP contribution is -2.39. The molecule has 0 amide bonds. The SMILES string of the molecule is CCOC(=O)[C@@H]1CCCN(c2nc(-c3ccccc3O)cs2)C1. The highest BCUT2D eigenvalue weighted by atomic mass is 32.1. The minimum Gasteiger partial charge on any atom is -0.507 e. The maximum absolute atomic E-state index is 11.9. The summed E-state index contributed by atoms with van der Waals surface area (Å²) in [5.41, 5.74) is 1.50. The number of esters is 1. The van der Waals surface area contributed by atoms with Crippen LogP contribution in [0, 0.1) is 5.92 Å². The number of thiazole rings is 1. The number of hydrogen-bond donors (Lipinski definition) is 1. The number of hydrogen-bond acceptors (Lipinski definition) is 6. The van der Waals surface area contributed by atoms with Gasteiger partial charge in [0.2, 0.25) is 0 Å². The lowest BCUT2D eigenvalue weighted by molar-refractivity contribution is -0.148. The molecule has 0 unspecified atom stereocenters. The summed E-state index contributed by atoms with van der Waals surface area (Å²) in [7, 11) is 0. The number of para-hydroxylation sites is 1. The molecular weight excluding hydrogens is 312 g/mol. The van der Waals surface area contributed by atoms with Gasteiger partial charge in [0.05, 0.1) is 18.2 Å². The molecule has 1 atom stereocenters. The highest BCUT2D eigenvalue weighted by Crippen LogP contribution is 2.34. The largest absolute Gasteiger partial charge is 0.507 e. The van der Waals surface area contributed by atoms with E-state index in [-0.39, 0.29) is 17.6 Å². The standard InChI is InChI=1S/C17H20N2O3S/c1-2-22-16(21)12-6-5-9-19(10-12)17-18-14(11-23-17)13-7-3-4-8-15(13)20/h3-4,7-8,11-12,20H,2,5-6,9-10H2,1H3/t12-/m1/s1. The fraction of sp³-hybridized carbons (Fsp3) is 0.412. The predicted molar refractivity (Wildman–Crippen MR) is 90.8 cm³/mol. The number of carbonyl (C=O) groups is 1. The minimum absolute atomic E-state index is 0.0822. The number of ether oxygens (including phenoxy) is 1. The van der Waals surface area contributed by atoms with Crippen LogP contribution in [0.2, 0.25) is 0 Å². The second-order valence-corrected chi connectivity index (χ2v) is 6.41. The van der Waals surface area contributed by atoms with Gasteiger partial charge in [-0.25, -0.2) is 4.98 Å². The second-order valence-electron chi connectivity index (χ2n) is 5.57. The highest BCUT2D eigenvalue weighted by molar-refractivity contribution is 7.14. The molecule has 0 aliphatic carbocycles. The van der Waals surface area contributed by atoms with Crippen LogP contribution in [0.4, 0.5) is 5.13 Å². The van der Waals surface area contributed by atoms with Crippen molar-refractivity contribution in [3.05, 3.63) is 29.6 Å². The van der Waals surface area contributed by atoms with Crippen molar-refractivity contribution in [3.8, 4) is 17.0 Å². The van der Waals surface area contributed by atoms with Gasteiger partial charge in [0.25, 0.3) is 0 Å². The first kappa shape index (κ1) is 15.8. The summed E-state index contributed by atoms with van der Waals surface area (Å²) in [6, 6.07) is 7.18. The topological polar surface area (TPSA) is 62.7 Å². The van der Waals surface area contributed by atoms with Crippen LogP contribution >= 0.6 is 11.3 Å². The van der Waals surface area contributed by atoms with Gasteiger partial charge in [-0.3, -0.25) is 4.79 Å². The molecule has 6 heteroatoms. The number of piperidine rings is 1. The summed E-state index contributed by atoms with van der Waals surface area (Å²) in [4.78, 5) is 18.7. The van der Waals surface area contributed by atoms with Crippen LogP contribution in [0.1, 0.15) is 19.8 Å². The van der Waals surface area contributed by atoms with Gasteiger partial charge in [-0.15, -0.1) is 11.3 Å². The number of aromatic hydroxyl groups is 1. The smallest absolute Gasteiger partial charge is 0.310 e. The normalized spacial score (nSPS) is 18.0. The third-order valence-electron chi connectivity index (χ3n) is 3.98. The van der Waals surface area contributed by atoms with E-state index in [4.69, 9.17) is 4.74 Å². The molecule has 1 aliphatic heterocycles. The number of carbonyl (C=O) groups excluding carboxylic acids is 1. The fourth-order valence-corrected chi connectivity index (χ4v) is 3.69. The van der Waals surface area contributed by atoms with E-state index in [1.807, 2.05) is 24.4 Å². The van der Waals surface area contributed by atoms with Crippen molar-refractivity contribution in [2.45, 2.75) is 19.8 Å². The van der Waals surface area contributed by atoms with Crippen molar-refractivity contribution in [2.24, 2.45) is 5.92 Å². The molecule has 5 nitrogen and oxygen atoms in total. The molecule has 122 valence electrons.